The molecule has 0 aliphatic carbocycles. The topological polar surface area (TPSA) is 146 Å². The molecule has 12 heteroatoms. The van der Waals surface area contributed by atoms with Crippen molar-refractivity contribution < 1.29 is 104 Å². The van der Waals surface area contributed by atoms with Gasteiger partial charge in [-0.25, -0.2) is 0 Å². The normalized spacial score (nSPS) is 6.83. The fourth-order valence-electron chi connectivity index (χ4n) is 0. The molecule has 0 unspecified atom stereocenters. The molecule has 0 rings (SSSR count). The van der Waals surface area contributed by atoms with Crippen molar-refractivity contribution in [3.05, 3.63) is 15.3 Å². The van der Waals surface area contributed by atoms with Crippen LogP contribution in [0.2, 0.25) is 0 Å². The summed E-state index contributed by atoms with van der Waals surface area (Å²) in [7, 11) is -5.17. The molecule has 56 valence electrons. The Labute approximate surface area is 149 Å². The molecular formula is KMgNNaO7S+. The molecule has 0 amide bonds. The largest absolute Gasteiger partial charge is 2.00 e. The summed E-state index contributed by atoms with van der Waals surface area (Å²) in [6, 6.07) is 0. The van der Waals surface area contributed by atoms with E-state index in [4.69, 9.17) is 32.8 Å². The zero-order chi connectivity index (χ0) is 8.08. The molecule has 0 aliphatic rings. The average molecular weight is 244 g/mol. The minimum atomic E-state index is -5.17. The quantitative estimate of drug-likeness (QED) is 0.135. The van der Waals surface area contributed by atoms with Gasteiger partial charge in [0.25, 0.3) is 0 Å². The van der Waals surface area contributed by atoms with Gasteiger partial charge in [0.1, 0.15) is 0 Å². The van der Waals surface area contributed by atoms with Crippen LogP contribution in [0.3, 0.4) is 0 Å². The van der Waals surface area contributed by atoms with Gasteiger partial charge < -0.3 is 24.4 Å². The summed E-state index contributed by atoms with van der Waals surface area (Å²) in [4.78, 5) is 8.25. The van der Waals surface area contributed by atoms with Crippen molar-refractivity contribution in [2.24, 2.45) is 0 Å². The van der Waals surface area contributed by atoms with Gasteiger partial charge >= 0.3 is 104 Å². The summed E-state index contributed by atoms with van der Waals surface area (Å²) in [5.41, 5.74) is 0. The summed E-state index contributed by atoms with van der Waals surface area (Å²) in [6.45, 7) is 0. The van der Waals surface area contributed by atoms with Crippen molar-refractivity contribution in [2.45, 2.75) is 0 Å². The zero-order valence-corrected chi connectivity index (χ0v) is 13.8. The molecule has 0 saturated carbocycles. The van der Waals surface area contributed by atoms with Crippen LogP contribution in [-0.4, -0.2) is 45.7 Å². The van der Waals surface area contributed by atoms with Crippen LogP contribution in [0, 0.1) is 15.3 Å². The minimum Gasteiger partial charge on any atom is -0.759 e. The monoisotopic (exact) mass is 244 g/mol. The second-order valence-corrected chi connectivity index (χ2v) is 1.45. The maximum atomic E-state index is 8.52. The van der Waals surface area contributed by atoms with Gasteiger partial charge in [0.05, 0.1) is 5.09 Å². The smallest absolute Gasteiger partial charge is 0.759 e. The molecule has 0 radical (unpaired) electrons. The molecule has 0 aromatic rings. The van der Waals surface area contributed by atoms with Crippen LogP contribution in [0.15, 0.2) is 0 Å². The van der Waals surface area contributed by atoms with E-state index in [0.29, 0.717) is 0 Å². The Kier molecular flexibility index (Phi) is 38.8. The van der Waals surface area contributed by atoms with Crippen molar-refractivity contribution in [1.29, 1.82) is 0 Å². The van der Waals surface area contributed by atoms with Crippen molar-refractivity contribution in [3.63, 3.8) is 0 Å². The van der Waals surface area contributed by atoms with Crippen LogP contribution in [0.1, 0.15) is 0 Å². The van der Waals surface area contributed by atoms with Crippen molar-refractivity contribution in [3.8, 4) is 0 Å². The molecule has 0 bridgehead atoms. The Hall–Kier alpha value is 2.47. The molecule has 0 heterocycles. The molecule has 0 fully saturated rings. The first-order valence-corrected chi connectivity index (χ1v) is 2.55. The molecule has 0 aliphatic heterocycles. The van der Waals surface area contributed by atoms with Crippen LogP contribution in [-0.2, 0) is 10.4 Å². The Morgan fingerprint density at radius 1 is 1.08 bits per heavy atom. The number of hydrogen-bond acceptors (Lipinski definition) is 7. The summed E-state index contributed by atoms with van der Waals surface area (Å²) in [5.74, 6) is 0. The van der Waals surface area contributed by atoms with E-state index in [1.54, 1.807) is 0 Å². The van der Waals surface area contributed by atoms with Gasteiger partial charge in [-0.1, -0.05) is 0 Å². The molecule has 0 spiro atoms. The van der Waals surface area contributed by atoms with Crippen molar-refractivity contribution in [1.82, 2.24) is 0 Å². The predicted molar refractivity (Wildman–Crippen MR) is 26.6 cm³/mol. The van der Waals surface area contributed by atoms with Crippen molar-refractivity contribution >= 4 is 33.5 Å². The van der Waals surface area contributed by atoms with E-state index in [0.717, 1.165) is 0 Å². The van der Waals surface area contributed by atoms with Gasteiger partial charge in [-0.2, -0.15) is 0 Å². The number of rotatable bonds is 0. The Morgan fingerprint density at radius 3 is 1.08 bits per heavy atom. The van der Waals surface area contributed by atoms with E-state index >= 15 is 0 Å². The van der Waals surface area contributed by atoms with Gasteiger partial charge in [0, 0.05) is 10.4 Å². The first kappa shape index (κ1) is 29.3. The van der Waals surface area contributed by atoms with E-state index in [1.807, 2.05) is 0 Å². The Bertz CT molecular complexity index is 166. The third-order valence-corrected chi connectivity index (χ3v) is 0. The van der Waals surface area contributed by atoms with E-state index in [1.165, 1.54) is 0 Å². The van der Waals surface area contributed by atoms with Crippen LogP contribution in [0.5, 0.6) is 0 Å². The molecule has 0 saturated heterocycles. The van der Waals surface area contributed by atoms with Gasteiger partial charge in [0.15, 0.2) is 0 Å². The van der Waals surface area contributed by atoms with Gasteiger partial charge in [-0.3, -0.25) is 8.42 Å². The van der Waals surface area contributed by atoms with Gasteiger partial charge in [0.2, 0.25) is 0 Å². The molecule has 0 aromatic heterocycles. The second kappa shape index (κ2) is 15.9. The third kappa shape index (κ3) is 269. The number of hydrogen-bond donors (Lipinski definition) is 0. The standard InChI is InChI=1S/K.Mg.NO3.Na.H2O4S/c;;2-1(3)4;;1-5(2,3)4/h;;;;(H2,1,2,3,4)/q+1;+2;-1;+1;/p-2. The summed E-state index contributed by atoms with van der Waals surface area (Å²) >= 11 is 0. The fourth-order valence-corrected chi connectivity index (χ4v) is 0. The maximum absolute atomic E-state index is 8.52. The van der Waals surface area contributed by atoms with Crippen LogP contribution in [0.25, 0.3) is 0 Å². The van der Waals surface area contributed by atoms with E-state index in [-0.39, 0.29) is 104 Å². The summed E-state index contributed by atoms with van der Waals surface area (Å²) in [5, 5.41) is 14.8. The second-order valence-electron chi connectivity index (χ2n) is 0.632. The zero-order valence-electron chi connectivity index (χ0n) is 6.42. The molecule has 8 nitrogen and oxygen atoms in total. The van der Waals surface area contributed by atoms with Crippen molar-refractivity contribution in [2.75, 3.05) is 0 Å². The first-order chi connectivity index (χ1) is 3.73. The van der Waals surface area contributed by atoms with E-state index in [2.05, 4.69) is 0 Å². The van der Waals surface area contributed by atoms with Gasteiger partial charge in [-0.15, -0.1) is 0 Å². The summed E-state index contributed by atoms with van der Waals surface area (Å²) < 4.78 is 34.1. The SMILES string of the molecule is O=S(=O)([O-])[O-].O=[N+]([O-])[O-].[K+].[Mg+2].[Na+]. The molecule has 0 atom stereocenters. The Morgan fingerprint density at radius 2 is 1.08 bits per heavy atom. The molecule has 0 N–H and O–H groups in total. The molecule has 12 heavy (non-hydrogen) atoms. The third-order valence-electron chi connectivity index (χ3n) is 0. The fraction of sp³-hybridized carbons (Fsp3) is 0. The Balaban J connectivity index is -0.0000000221. The number of nitrogens with zero attached hydrogens (tertiary/aromatic N) is 1. The average Bonchev–Trinajstić information content (AvgIpc) is 1.19. The van der Waals surface area contributed by atoms with Gasteiger partial charge in [-0.05, 0) is 0 Å². The predicted octanol–water partition coefficient (Wildman–Crippen LogP) is -7.95. The first-order valence-electron chi connectivity index (χ1n) is 1.21. The van der Waals surface area contributed by atoms with E-state index in [9.17, 15) is 0 Å². The summed E-state index contributed by atoms with van der Waals surface area (Å²) in [6.07, 6.45) is 0. The van der Waals surface area contributed by atoms with Crippen LogP contribution < -0.4 is 80.9 Å². The van der Waals surface area contributed by atoms with Crippen LogP contribution in [0.4, 0.5) is 0 Å². The molecule has 0 aromatic carbocycles. The molecular weight excluding hydrogens is 244 g/mol. The van der Waals surface area contributed by atoms with E-state index < -0.39 is 15.5 Å². The minimum absolute atomic E-state index is 0. The van der Waals surface area contributed by atoms with Crippen LogP contribution >= 0.6 is 0 Å². The maximum Gasteiger partial charge on any atom is 2.00 e.